The van der Waals surface area contributed by atoms with E-state index in [1.54, 1.807) is 24.3 Å². The molecule has 1 saturated heterocycles. The number of hydrogen-bond acceptors (Lipinski definition) is 11. The molecule has 5 rings (SSSR count). The number of aldehydes is 1. The molecule has 14 heteroatoms. The van der Waals surface area contributed by atoms with Gasteiger partial charge in [0.1, 0.15) is 18.5 Å². The van der Waals surface area contributed by atoms with Crippen LogP contribution in [0.3, 0.4) is 0 Å². The number of ether oxygens (including phenoxy) is 4. The number of furan rings is 1. The van der Waals surface area contributed by atoms with Crippen molar-refractivity contribution in [1.82, 2.24) is 15.1 Å². The van der Waals surface area contributed by atoms with Crippen LogP contribution in [-0.2, 0) is 9.53 Å². The molecule has 3 atom stereocenters. The fourth-order valence-corrected chi connectivity index (χ4v) is 6.53. The minimum atomic E-state index is -1.29. The molecule has 2 aromatic carbocycles. The fourth-order valence-electron chi connectivity index (χ4n) is 5.77. The predicted octanol–water partition coefficient (Wildman–Crippen LogP) is 2.26. The van der Waals surface area contributed by atoms with Gasteiger partial charge in [0.15, 0.2) is 28.6 Å². The highest BCUT2D eigenvalue weighted by molar-refractivity contribution is 14.1. The maximum Gasteiger partial charge on any atom is 0.290 e. The van der Waals surface area contributed by atoms with Gasteiger partial charge in [-0.15, -0.1) is 0 Å². The van der Waals surface area contributed by atoms with E-state index < -0.39 is 30.1 Å². The topological polar surface area (TPSA) is 160 Å². The highest BCUT2D eigenvalue weighted by atomic mass is 127. The van der Waals surface area contributed by atoms with E-state index in [4.69, 9.17) is 23.4 Å². The molecular formula is C33H38IN3O10. The van der Waals surface area contributed by atoms with Crippen LogP contribution in [0.25, 0.3) is 11.0 Å². The SMILES string of the molecule is COc1cc(C=O)cc(I)c1O[C@H]1C=C(C(=O)NCCO)C[C@@H](N(CCN2CCOCC2)C(=O)c2cc3cccc(OC)c3o2)[C@@H]1O. The van der Waals surface area contributed by atoms with Gasteiger partial charge in [0.25, 0.3) is 5.91 Å². The van der Waals surface area contributed by atoms with Crippen LogP contribution in [0.4, 0.5) is 0 Å². The minimum Gasteiger partial charge on any atom is -0.493 e. The van der Waals surface area contributed by atoms with Gasteiger partial charge in [0, 0.05) is 55.7 Å². The molecule has 0 unspecified atom stereocenters. The third kappa shape index (κ3) is 7.89. The molecule has 3 N–H and O–H groups in total. The molecule has 1 aliphatic carbocycles. The number of methoxy groups -OCH3 is 2. The average Bonchev–Trinajstić information content (AvgIpc) is 3.54. The van der Waals surface area contributed by atoms with E-state index in [2.05, 4.69) is 10.2 Å². The van der Waals surface area contributed by atoms with Crippen molar-refractivity contribution in [3.63, 3.8) is 0 Å². The Morgan fingerprint density at radius 2 is 1.91 bits per heavy atom. The molecule has 47 heavy (non-hydrogen) atoms. The highest BCUT2D eigenvalue weighted by Gasteiger charge is 2.42. The van der Waals surface area contributed by atoms with Gasteiger partial charge in [-0.25, -0.2) is 0 Å². The lowest BCUT2D eigenvalue weighted by Crippen LogP contribution is -2.56. The molecule has 1 fully saturated rings. The van der Waals surface area contributed by atoms with Crippen LogP contribution in [0.5, 0.6) is 17.2 Å². The number of carbonyl (C=O) groups is 3. The Bertz CT molecular complexity index is 1620. The first-order valence-electron chi connectivity index (χ1n) is 15.2. The van der Waals surface area contributed by atoms with Gasteiger partial charge >= 0.3 is 0 Å². The zero-order chi connectivity index (χ0) is 33.5. The molecule has 3 aromatic rings. The zero-order valence-corrected chi connectivity index (χ0v) is 28.3. The first-order chi connectivity index (χ1) is 22.8. The monoisotopic (exact) mass is 763 g/mol. The number of rotatable bonds is 13. The lowest BCUT2D eigenvalue weighted by atomic mass is 9.88. The molecule has 1 aromatic heterocycles. The molecule has 2 heterocycles. The number of benzene rings is 2. The van der Waals surface area contributed by atoms with Crippen molar-refractivity contribution in [2.24, 2.45) is 0 Å². The van der Waals surface area contributed by atoms with Crippen LogP contribution in [0.1, 0.15) is 27.3 Å². The summed E-state index contributed by atoms with van der Waals surface area (Å²) in [4.78, 5) is 42.8. The molecule has 0 radical (unpaired) electrons. The molecular weight excluding hydrogens is 725 g/mol. The van der Waals surface area contributed by atoms with Gasteiger partial charge in [-0.1, -0.05) is 12.1 Å². The summed E-state index contributed by atoms with van der Waals surface area (Å²) < 4.78 is 29.3. The van der Waals surface area contributed by atoms with Gasteiger partial charge in [0.05, 0.1) is 43.7 Å². The van der Waals surface area contributed by atoms with Gasteiger partial charge < -0.3 is 43.8 Å². The zero-order valence-electron chi connectivity index (χ0n) is 26.1. The van der Waals surface area contributed by atoms with E-state index in [1.807, 2.05) is 28.7 Å². The molecule has 1 aliphatic heterocycles. The van der Waals surface area contributed by atoms with E-state index in [-0.39, 0.29) is 48.9 Å². The number of halogens is 1. The molecule has 2 amide bonds. The Hall–Kier alpha value is -3.70. The number of fused-ring (bicyclic) bond motifs is 1. The quantitative estimate of drug-likeness (QED) is 0.173. The van der Waals surface area contributed by atoms with E-state index in [0.717, 1.165) is 0 Å². The molecule has 252 valence electrons. The number of nitrogens with zero attached hydrogens (tertiary/aromatic N) is 2. The van der Waals surface area contributed by atoms with Crippen LogP contribution in [0.15, 0.2) is 52.5 Å². The summed E-state index contributed by atoms with van der Waals surface area (Å²) in [5.74, 6) is 0.130. The Morgan fingerprint density at radius 3 is 2.62 bits per heavy atom. The molecule has 0 saturated carbocycles. The third-order valence-corrected chi connectivity index (χ3v) is 9.02. The Balaban J connectivity index is 1.53. The van der Waals surface area contributed by atoms with Crippen molar-refractivity contribution in [3.05, 3.63) is 62.9 Å². The van der Waals surface area contributed by atoms with Gasteiger partial charge in [-0.3, -0.25) is 19.3 Å². The van der Waals surface area contributed by atoms with Gasteiger partial charge in [-0.05, 0) is 52.9 Å². The van der Waals surface area contributed by atoms with E-state index in [1.165, 1.54) is 31.3 Å². The van der Waals surface area contributed by atoms with Crippen molar-refractivity contribution in [2.45, 2.75) is 24.7 Å². The highest BCUT2D eigenvalue weighted by Crippen LogP contribution is 2.37. The normalized spacial score (nSPS) is 19.9. The number of nitrogens with one attached hydrogen (secondary N) is 1. The number of carbonyl (C=O) groups excluding carboxylic acids is 3. The van der Waals surface area contributed by atoms with Crippen molar-refractivity contribution in [1.29, 1.82) is 0 Å². The molecule has 0 spiro atoms. The predicted molar refractivity (Wildman–Crippen MR) is 179 cm³/mol. The summed E-state index contributed by atoms with van der Waals surface area (Å²) in [5.41, 5.74) is 1.07. The maximum absolute atomic E-state index is 14.4. The third-order valence-electron chi connectivity index (χ3n) is 8.22. The summed E-state index contributed by atoms with van der Waals surface area (Å²) in [6, 6.07) is 9.20. The second-order valence-electron chi connectivity index (χ2n) is 11.1. The first-order valence-corrected chi connectivity index (χ1v) is 16.3. The Kier molecular flexibility index (Phi) is 11.7. The Morgan fingerprint density at radius 1 is 1.15 bits per heavy atom. The summed E-state index contributed by atoms with van der Waals surface area (Å²) in [7, 11) is 2.95. The van der Waals surface area contributed by atoms with Crippen LogP contribution < -0.4 is 19.5 Å². The lowest BCUT2D eigenvalue weighted by molar-refractivity contribution is -0.118. The van der Waals surface area contributed by atoms with Crippen molar-refractivity contribution < 1.29 is 48.0 Å². The first kappa shape index (κ1) is 34.6. The number of para-hydroxylation sites is 1. The standard InChI is InChI=1S/C33H38IN3O10/c1-43-25-5-3-4-21-17-28(47-30(21)25)33(42)37(8-7-36-9-12-45-13-10-36)24-16-22(32(41)35-6-11-38)18-26(29(24)40)46-31-23(34)14-20(19-39)15-27(31)44-2/h3-5,14-15,17-19,24,26,29,38,40H,6-13,16H2,1-2H3,(H,35,41)/t24-,26+,29+/m1/s1. The van der Waals surface area contributed by atoms with Crippen LogP contribution >= 0.6 is 22.6 Å². The van der Waals surface area contributed by atoms with E-state index in [9.17, 15) is 24.6 Å². The van der Waals surface area contributed by atoms with Crippen molar-refractivity contribution in [2.75, 3.05) is 66.8 Å². The maximum atomic E-state index is 14.4. The number of aliphatic hydroxyl groups excluding tert-OH is 2. The largest absolute Gasteiger partial charge is 0.493 e. The molecule has 0 bridgehead atoms. The second-order valence-corrected chi connectivity index (χ2v) is 12.3. The summed E-state index contributed by atoms with van der Waals surface area (Å²) in [5, 5.41) is 24.6. The lowest BCUT2D eigenvalue weighted by Gasteiger charge is -2.41. The van der Waals surface area contributed by atoms with Crippen LogP contribution in [0, 0.1) is 3.57 Å². The van der Waals surface area contributed by atoms with Gasteiger partial charge in [-0.2, -0.15) is 0 Å². The van der Waals surface area contributed by atoms with Gasteiger partial charge in [0.2, 0.25) is 5.91 Å². The van der Waals surface area contributed by atoms with Crippen LogP contribution in [0.2, 0.25) is 0 Å². The Labute approximate surface area is 285 Å². The summed E-state index contributed by atoms with van der Waals surface area (Å²) in [6.07, 6.45) is -0.164. The average molecular weight is 764 g/mol. The summed E-state index contributed by atoms with van der Waals surface area (Å²) in [6.45, 7) is 2.97. The fraction of sp³-hybridized carbons (Fsp3) is 0.424. The van der Waals surface area contributed by atoms with Crippen LogP contribution in [-0.4, -0.2) is 123 Å². The second kappa shape index (κ2) is 15.9. The van der Waals surface area contributed by atoms with Crippen molar-refractivity contribution >= 4 is 51.7 Å². The molecule has 13 nitrogen and oxygen atoms in total. The van der Waals surface area contributed by atoms with Crippen molar-refractivity contribution in [3.8, 4) is 17.2 Å². The summed E-state index contributed by atoms with van der Waals surface area (Å²) >= 11 is 2.01. The smallest absolute Gasteiger partial charge is 0.290 e. The van der Waals surface area contributed by atoms with E-state index >= 15 is 0 Å². The molecule has 2 aliphatic rings. The number of morpholine rings is 1. The minimum absolute atomic E-state index is 0.00892. The van der Waals surface area contributed by atoms with E-state index in [0.29, 0.717) is 65.0 Å². The number of aliphatic hydroxyl groups is 2. The number of amides is 2. The number of hydrogen-bond donors (Lipinski definition) is 3.